The number of halogens is 3. The molecule has 146 valence electrons. The van der Waals surface area contributed by atoms with E-state index in [1.54, 1.807) is 36.3 Å². The fourth-order valence-corrected chi connectivity index (χ4v) is 5.61. The first-order chi connectivity index (χ1) is 13.4. The number of thioether (sulfide) groups is 2. The summed E-state index contributed by atoms with van der Waals surface area (Å²) in [6, 6.07) is 11.1. The molecule has 2 aliphatic rings. The SMILES string of the molecule is CSc1ccc(N2C=NC3=C(C2N)N(c2c(Cl)cccc2Cl)C(N)S3)cc1Cl. The molecule has 0 amide bonds. The van der Waals surface area contributed by atoms with Gasteiger partial charge in [0.2, 0.25) is 0 Å². The highest BCUT2D eigenvalue weighted by Gasteiger charge is 2.40. The molecule has 0 fully saturated rings. The Kier molecular flexibility index (Phi) is 5.77. The molecule has 2 aromatic rings. The third-order valence-corrected chi connectivity index (χ3v) is 7.28. The van der Waals surface area contributed by atoms with Crippen LogP contribution in [-0.2, 0) is 0 Å². The van der Waals surface area contributed by atoms with Gasteiger partial charge in [0.25, 0.3) is 0 Å². The fraction of sp³-hybridized carbons (Fsp3) is 0.167. The third kappa shape index (κ3) is 3.39. The Labute approximate surface area is 186 Å². The van der Waals surface area contributed by atoms with Crippen LogP contribution in [0.2, 0.25) is 15.1 Å². The first-order valence-electron chi connectivity index (χ1n) is 8.23. The number of anilines is 2. The molecular formula is C18H16Cl3N5S2. The minimum absolute atomic E-state index is 0.437. The van der Waals surface area contributed by atoms with Crippen LogP contribution in [-0.4, -0.2) is 24.3 Å². The average molecular weight is 473 g/mol. The van der Waals surface area contributed by atoms with Gasteiger partial charge in [0.1, 0.15) is 16.7 Å². The molecule has 0 aliphatic carbocycles. The highest BCUT2D eigenvalue weighted by atomic mass is 35.5. The lowest BCUT2D eigenvalue weighted by Crippen LogP contribution is -2.50. The third-order valence-electron chi connectivity index (χ3n) is 4.46. The minimum atomic E-state index is -0.530. The van der Waals surface area contributed by atoms with Crippen molar-refractivity contribution in [1.82, 2.24) is 0 Å². The molecule has 2 aliphatic heterocycles. The van der Waals surface area contributed by atoms with Crippen LogP contribution >= 0.6 is 58.3 Å². The van der Waals surface area contributed by atoms with Gasteiger partial charge in [-0.25, -0.2) is 4.99 Å². The van der Waals surface area contributed by atoms with Gasteiger partial charge in [0, 0.05) is 10.6 Å². The number of aliphatic imine (C=N–C) groups is 1. The first kappa shape index (κ1) is 20.2. The van der Waals surface area contributed by atoms with Gasteiger partial charge in [-0.2, -0.15) is 0 Å². The maximum absolute atomic E-state index is 6.64. The summed E-state index contributed by atoms with van der Waals surface area (Å²) >= 11 is 22.3. The van der Waals surface area contributed by atoms with Gasteiger partial charge in [-0.15, -0.1) is 11.8 Å². The van der Waals surface area contributed by atoms with Gasteiger partial charge in [0.15, 0.2) is 0 Å². The zero-order chi connectivity index (χ0) is 20.0. The van der Waals surface area contributed by atoms with Crippen molar-refractivity contribution in [2.24, 2.45) is 16.5 Å². The average Bonchev–Trinajstić information content (AvgIpc) is 2.99. The smallest absolute Gasteiger partial charge is 0.136 e. The lowest BCUT2D eigenvalue weighted by molar-refractivity contribution is 0.724. The minimum Gasteiger partial charge on any atom is -0.311 e. The molecule has 2 atom stereocenters. The quantitative estimate of drug-likeness (QED) is 0.601. The van der Waals surface area contributed by atoms with E-state index < -0.39 is 11.7 Å². The highest BCUT2D eigenvalue weighted by Crippen LogP contribution is 2.47. The van der Waals surface area contributed by atoms with Gasteiger partial charge in [0.05, 0.1) is 32.8 Å². The standard InChI is InChI=1S/C18H16Cl3N5S2/c1-27-13-6-5-9(7-12(13)21)25-8-24-17-15(16(25)22)26(18(23)28-17)14-10(19)3-2-4-11(14)20/h2-8,16,18H,22-23H2,1H3. The van der Waals surface area contributed by atoms with E-state index in [0.29, 0.717) is 20.8 Å². The molecule has 0 spiro atoms. The second-order valence-electron chi connectivity index (χ2n) is 6.05. The summed E-state index contributed by atoms with van der Waals surface area (Å²) in [5.74, 6) is 0. The molecule has 5 nitrogen and oxygen atoms in total. The second kappa shape index (κ2) is 7.99. The lowest BCUT2D eigenvalue weighted by atomic mass is 10.2. The van der Waals surface area contributed by atoms with E-state index in [9.17, 15) is 0 Å². The maximum atomic E-state index is 6.64. The van der Waals surface area contributed by atoms with E-state index in [2.05, 4.69) is 4.99 Å². The Hall–Kier alpha value is -1.06. The van der Waals surface area contributed by atoms with Crippen LogP contribution in [0.25, 0.3) is 0 Å². The molecule has 2 heterocycles. The van der Waals surface area contributed by atoms with E-state index in [1.807, 2.05) is 34.3 Å². The summed E-state index contributed by atoms with van der Waals surface area (Å²) in [6.07, 6.45) is 3.15. The Morgan fingerprint density at radius 3 is 2.43 bits per heavy atom. The van der Waals surface area contributed by atoms with Crippen LogP contribution in [0.4, 0.5) is 11.4 Å². The summed E-state index contributed by atoms with van der Waals surface area (Å²) in [5, 5.41) is 2.41. The monoisotopic (exact) mass is 471 g/mol. The zero-order valence-corrected chi connectivity index (χ0v) is 18.5. The first-order valence-corrected chi connectivity index (χ1v) is 11.5. The summed E-state index contributed by atoms with van der Waals surface area (Å²) in [7, 11) is 0. The van der Waals surface area contributed by atoms with Crippen molar-refractivity contribution in [2.45, 2.75) is 16.6 Å². The van der Waals surface area contributed by atoms with E-state index in [0.717, 1.165) is 21.3 Å². The summed E-state index contributed by atoms with van der Waals surface area (Å²) < 4.78 is 0. The van der Waals surface area contributed by atoms with Crippen molar-refractivity contribution in [3.05, 3.63) is 62.2 Å². The Balaban J connectivity index is 1.75. The molecule has 28 heavy (non-hydrogen) atoms. The lowest BCUT2D eigenvalue weighted by Gasteiger charge is -2.36. The Bertz CT molecular complexity index is 977. The zero-order valence-electron chi connectivity index (χ0n) is 14.6. The van der Waals surface area contributed by atoms with Crippen LogP contribution in [0.5, 0.6) is 0 Å². The van der Waals surface area contributed by atoms with Crippen molar-refractivity contribution in [1.29, 1.82) is 0 Å². The van der Waals surface area contributed by atoms with E-state index in [4.69, 9.17) is 46.3 Å². The van der Waals surface area contributed by atoms with Gasteiger partial charge in [-0.1, -0.05) is 52.6 Å². The molecule has 0 aromatic heterocycles. The van der Waals surface area contributed by atoms with Gasteiger partial charge in [-0.3, -0.25) is 0 Å². The molecule has 4 N–H and O–H groups in total. The number of hydrogen-bond acceptors (Lipinski definition) is 7. The fourth-order valence-electron chi connectivity index (χ4n) is 3.16. The summed E-state index contributed by atoms with van der Waals surface area (Å²) in [4.78, 5) is 9.27. The van der Waals surface area contributed by atoms with Gasteiger partial charge < -0.3 is 21.3 Å². The van der Waals surface area contributed by atoms with E-state index >= 15 is 0 Å². The topological polar surface area (TPSA) is 70.9 Å². The number of nitrogens with zero attached hydrogens (tertiary/aromatic N) is 3. The van der Waals surface area contributed by atoms with Gasteiger partial charge in [-0.05, 0) is 36.6 Å². The number of nitrogens with two attached hydrogens (primary N) is 2. The highest BCUT2D eigenvalue weighted by molar-refractivity contribution is 8.04. The van der Waals surface area contributed by atoms with Crippen LogP contribution < -0.4 is 21.3 Å². The molecule has 0 saturated heterocycles. The van der Waals surface area contributed by atoms with Crippen LogP contribution in [0, 0.1) is 0 Å². The molecule has 2 unspecified atom stereocenters. The molecule has 0 bridgehead atoms. The number of hydrogen-bond donors (Lipinski definition) is 2. The van der Waals surface area contributed by atoms with Crippen molar-refractivity contribution in [3.63, 3.8) is 0 Å². The molecule has 0 saturated carbocycles. The predicted octanol–water partition coefficient (Wildman–Crippen LogP) is 5.17. The van der Waals surface area contributed by atoms with E-state index in [1.165, 1.54) is 11.8 Å². The number of rotatable bonds is 3. The summed E-state index contributed by atoms with van der Waals surface area (Å²) in [5.41, 5.74) is 14.8. The summed E-state index contributed by atoms with van der Waals surface area (Å²) in [6.45, 7) is 0. The van der Waals surface area contributed by atoms with Crippen molar-refractivity contribution >= 4 is 76.0 Å². The van der Waals surface area contributed by atoms with Crippen molar-refractivity contribution in [3.8, 4) is 0 Å². The van der Waals surface area contributed by atoms with Crippen LogP contribution in [0.1, 0.15) is 0 Å². The molecule has 4 rings (SSSR count). The normalized spacial score (nSPS) is 21.5. The largest absolute Gasteiger partial charge is 0.311 e. The molecule has 2 aromatic carbocycles. The Morgan fingerprint density at radius 1 is 1.07 bits per heavy atom. The van der Waals surface area contributed by atoms with Crippen molar-refractivity contribution in [2.75, 3.05) is 16.1 Å². The van der Waals surface area contributed by atoms with Crippen LogP contribution in [0.15, 0.2) is 57.0 Å². The number of para-hydroxylation sites is 1. The number of benzene rings is 2. The predicted molar refractivity (Wildman–Crippen MR) is 124 cm³/mol. The van der Waals surface area contributed by atoms with Gasteiger partial charge >= 0.3 is 0 Å². The van der Waals surface area contributed by atoms with Crippen molar-refractivity contribution < 1.29 is 0 Å². The van der Waals surface area contributed by atoms with E-state index in [-0.39, 0.29) is 0 Å². The molecular weight excluding hydrogens is 457 g/mol. The molecule has 10 heteroatoms. The maximum Gasteiger partial charge on any atom is 0.136 e. The Morgan fingerprint density at radius 2 is 1.79 bits per heavy atom. The molecule has 0 radical (unpaired) electrons. The van der Waals surface area contributed by atoms with Crippen LogP contribution in [0.3, 0.4) is 0 Å². The second-order valence-corrected chi connectivity index (χ2v) is 9.23.